The Hall–Kier alpha value is -2.86. The molecule has 0 saturated heterocycles. The highest BCUT2D eigenvalue weighted by molar-refractivity contribution is 6.05. The van der Waals surface area contributed by atoms with Crippen molar-refractivity contribution in [1.29, 1.82) is 0 Å². The fraction of sp³-hybridized carbons (Fsp3) is 0.0833. The molecule has 0 radical (unpaired) electrons. The van der Waals surface area contributed by atoms with Gasteiger partial charge in [-0.2, -0.15) is 0 Å². The summed E-state index contributed by atoms with van der Waals surface area (Å²) in [6.45, 7) is 4.32. The van der Waals surface area contributed by atoms with Gasteiger partial charge in [-0.3, -0.25) is 0 Å². The lowest BCUT2D eigenvalue weighted by atomic mass is 9.81. The molecule has 3 aromatic rings. The predicted octanol–water partition coefficient (Wildman–Crippen LogP) is 6.84. The Morgan fingerprint density at radius 1 is 0.542 bits per heavy atom. The lowest BCUT2D eigenvalue weighted by molar-refractivity contribution is 1.48. The highest BCUT2D eigenvalue weighted by Gasteiger charge is 2.19. The van der Waals surface area contributed by atoms with Gasteiger partial charge in [0.1, 0.15) is 0 Å². The molecule has 116 valence electrons. The number of hydrogen-bond acceptors (Lipinski definition) is 0. The van der Waals surface area contributed by atoms with E-state index < -0.39 is 0 Å². The van der Waals surface area contributed by atoms with Crippen molar-refractivity contribution in [3.8, 4) is 22.3 Å². The molecule has 0 nitrogen and oxygen atoms in total. The molecule has 0 heteroatoms. The third-order valence-corrected chi connectivity index (χ3v) is 4.79. The standard InChI is InChI=1S/C24H20/c1-3-10-18-17(2)19-11-4-5-13-21(19)23-15-8-9-16-24(23)22-14-7-6-12-20(18)22/h3-16H,1-2H3/b10-3-,18-17-,19-17?,20-18?,23-21?,24-22?. The minimum absolute atomic E-state index is 1.30. The highest BCUT2D eigenvalue weighted by atomic mass is 14.2. The Morgan fingerprint density at radius 3 is 1.42 bits per heavy atom. The van der Waals surface area contributed by atoms with E-state index in [0.717, 1.165) is 0 Å². The van der Waals surface area contributed by atoms with Crippen molar-refractivity contribution in [2.75, 3.05) is 0 Å². The van der Waals surface area contributed by atoms with Gasteiger partial charge in [0.2, 0.25) is 0 Å². The first-order valence-corrected chi connectivity index (χ1v) is 8.43. The van der Waals surface area contributed by atoms with Crippen molar-refractivity contribution in [1.82, 2.24) is 0 Å². The van der Waals surface area contributed by atoms with E-state index >= 15 is 0 Å². The van der Waals surface area contributed by atoms with Crippen LogP contribution >= 0.6 is 0 Å². The molecule has 0 fully saturated rings. The van der Waals surface area contributed by atoms with Gasteiger partial charge in [0.15, 0.2) is 0 Å². The summed E-state index contributed by atoms with van der Waals surface area (Å²) in [6.07, 6.45) is 4.37. The average molecular weight is 308 g/mol. The van der Waals surface area contributed by atoms with Crippen LogP contribution < -0.4 is 0 Å². The molecule has 0 saturated carbocycles. The molecular weight excluding hydrogens is 288 g/mol. The monoisotopic (exact) mass is 308 g/mol. The summed E-state index contributed by atoms with van der Waals surface area (Å²) in [5.74, 6) is 0. The van der Waals surface area contributed by atoms with Crippen molar-refractivity contribution < 1.29 is 0 Å². The van der Waals surface area contributed by atoms with Gasteiger partial charge in [0, 0.05) is 0 Å². The van der Waals surface area contributed by atoms with Gasteiger partial charge in [-0.05, 0) is 58.4 Å². The van der Waals surface area contributed by atoms with Crippen LogP contribution in [0.3, 0.4) is 0 Å². The van der Waals surface area contributed by atoms with Crippen molar-refractivity contribution in [3.05, 3.63) is 96.1 Å². The molecule has 0 bridgehead atoms. The maximum absolute atomic E-state index is 2.24. The minimum Gasteiger partial charge on any atom is -0.0870 e. The summed E-state index contributed by atoms with van der Waals surface area (Å²) in [6, 6.07) is 26.2. The molecule has 0 amide bonds. The molecule has 0 heterocycles. The number of allylic oxidation sites excluding steroid dienone is 4. The molecule has 1 aliphatic rings. The van der Waals surface area contributed by atoms with Crippen molar-refractivity contribution >= 4 is 11.1 Å². The van der Waals surface area contributed by atoms with Gasteiger partial charge in [-0.15, -0.1) is 0 Å². The van der Waals surface area contributed by atoms with Gasteiger partial charge < -0.3 is 0 Å². The Balaban J connectivity index is 2.20. The minimum atomic E-state index is 1.30. The largest absolute Gasteiger partial charge is 0.0870 e. The molecule has 0 spiro atoms. The summed E-state index contributed by atoms with van der Waals surface area (Å²) >= 11 is 0. The maximum atomic E-state index is 2.24. The van der Waals surface area contributed by atoms with E-state index in [-0.39, 0.29) is 0 Å². The van der Waals surface area contributed by atoms with Crippen LogP contribution in [0.4, 0.5) is 0 Å². The van der Waals surface area contributed by atoms with Gasteiger partial charge in [-0.25, -0.2) is 0 Å². The molecule has 0 atom stereocenters. The zero-order valence-corrected chi connectivity index (χ0v) is 14.1. The second-order valence-corrected chi connectivity index (χ2v) is 6.18. The summed E-state index contributed by atoms with van der Waals surface area (Å²) < 4.78 is 0. The second-order valence-electron chi connectivity index (χ2n) is 6.18. The van der Waals surface area contributed by atoms with Crippen LogP contribution in [0.5, 0.6) is 0 Å². The molecular formula is C24H20. The quantitative estimate of drug-likeness (QED) is 0.461. The van der Waals surface area contributed by atoms with Gasteiger partial charge in [0.25, 0.3) is 0 Å². The van der Waals surface area contributed by atoms with Crippen LogP contribution in [0.15, 0.2) is 84.9 Å². The predicted molar refractivity (Wildman–Crippen MR) is 105 cm³/mol. The van der Waals surface area contributed by atoms with E-state index in [2.05, 4.69) is 98.8 Å². The van der Waals surface area contributed by atoms with Crippen LogP contribution in [0, 0.1) is 0 Å². The van der Waals surface area contributed by atoms with Crippen LogP contribution in [-0.4, -0.2) is 0 Å². The third kappa shape index (κ3) is 2.23. The molecule has 1 aliphatic carbocycles. The first-order valence-electron chi connectivity index (χ1n) is 8.43. The lowest BCUT2D eigenvalue weighted by Crippen LogP contribution is -1.99. The Morgan fingerprint density at radius 2 is 0.917 bits per heavy atom. The Labute approximate surface area is 143 Å². The SMILES string of the molecule is C/C=C\C1=C(/C)c2ccccc2-c2ccccc2-c2ccccc21. The van der Waals surface area contributed by atoms with E-state index in [0.29, 0.717) is 0 Å². The first-order chi connectivity index (χ1) is 11.8. The second kappa shape index (κ2) is 5.98. The summed E-state index contributed by atoms with van der Waals surface area (Å²) in [4.78, 5) is 0. The van der Waals surface area contributed by atoms with E-state index in [1.165, 1.54) is 44.5 Å². The van der Waals surface area contributed by atoms with Crippen LogP contribution in [0.2, 0.25) is 0 Å². The molecule has 0 aliphatic heterocycles. The molecule has 24 heavy (non-hydrogen) atoms. The lowest BCUT2D eigenvalue weighted by Gasteiger charge is -2.22. The van der Waals surface area contributed by atoms with E-state index in [1.807, 2.05) is 0 Å². The van der Waals surface area contributed by atoms with E-state index in [1.54, 1.807) is 0 Å². The summed E-state index contributed by atoms with van der Waals surface area (Å²) in [7, 11) is 0. The maximum Gasteiger partial charge on any atom is -0.00990 e. The molecule has 0 N–H and O–H groups in total. The summed E-state index contributed by atoms with van der Waals surface area (Å²) in [5.41, 5.74) is 10.5. The molecule has 0 aromatic heterocycles. The number of fused-ring (bicyclic) bond motifs is 5. The smallest absolute Gasteiger partial charge is 0.00990 e. The zero-order valence-electron chi connectivity index (χ0n) is 14.1. The third-order valence-electron chi connectivity index (χ3n) is 4.79. The molecule has 0 unspecified atom stereocenters. The number of hydrogen-bond donors (Lipinski definition) is 0. The Bertz CT molecular complexity index is 971. The van der Waals surface area contributed by atoms with Crippen molar-refractivity contribution in [3.63, 3.8) is 0 Å². The Kier molecular flexibility index (Phi) is 3.66. The van der Waals surface area contributed by atoms with E-state index in [9.17, 15) is 0 Å². The number of rotatable bonds is 1. The topological polar surface area (TPSA) is 0 Å². The van der Waals surface area contributed by atoms with Crippen LogP contribution in [-0.2, 0) is 0 Å². The fourth-order valence-electron chi connectivity index (χ4n) is 3.68. The van der Waals surface area contributed by atoms with Crippen LogP contribution in [0.1, 0.15) is 25.0 Å². The average Bonchev–Trinajstić information content (AvgIpc) is 2.65. The summed E-state index contributed by atoms with van der Waals surface area (Å²) in [5, 5.41) is 0. The fourth-order valence-corrected chi connectivity index (χ4v) is 3.68. The van der Waals surface area contributed by atoms with Gasteiger partial charge in [-0.1, -0.05) is 84.9 Å². The number of benzene rings is 3. The van der Waals surface area contributed by atoms with E-state index in [4.69, 9.17) is 0 Å². The van der Waals surface area contributed by atoms with Gasteiger partial charge in [0.05, 0.1) is 0 Å². The van der Waals surface area contributed by atoms with Crippen molar-refractivity contribution in [2.24, 2.45) is 0 Å². The van der Waals surface area contributed by atoms with Gasteiger partial charge >= 0.3 is 0 Å². The normalized spacial score (nSPS) is 16.1. The highest BCUT2D eigenvalue weighted by Crippen LogP contribution is 2.44. The van der Waals surface area contributed by atoms with Crippen LogP contribution in [0.25, 0.3) is 33.4 Å². The molecule has 4 rings (SSSR count). The first kappa shape index (κ1) is 14.7. The molecule has 3 aromatic carbocycles. The zero-order chi connectivity index (χ0) is 16.5. The van der Waals surface area contributed by atoms with Crippen molar-refractivity contribution in [2.45, 2.75) is 13.8 Å².